The van der Waals surface area contributed by atoms with Crippen molar-refractivity contribution in [2.24, 2.45) is 4.99 Å². The van der Waals surface area contributed by atoms with Crippen molar-refractivity contribution in [3.05, 3.63) is 11.6 Å². The van der Waals surface area contributed by atoms with E-state index in [0.29, 0.717) is 13.0 Å². The molecule has 0 aromatic carbocycles. The number of carboxylic acids is 1. The Labute approximate surface area is 63.0 Å². The number of aliphatic imine (C=N–C) groups is 1. The average Bonchev–Trinajstić information content (AvgIpc) is 1.88. The Bertz CT molecular complexity index is 220. The van der Waals surface area contributed by atoms with Crippen LogP contribution < -0.4 is 0 Å². The molecule has 0 unspecified atom stereocenters. The van der Waals surface area contributed by atoms with Crippen LogP contribution in [0.1, 0.15) is 6.42 Å². The van der Waals surface area contributed by atoms with Crippen molar-refractivity contribution < 1.29 is 9.90 Å². The van der Waals surface area contributed by atoms with E-state index in [9.17, 15) is 4.79 Å². The van der Waals surface area contributed by atoms with Crippen LogP contribution in [0.15, 0.2) is 16.6 Å². The lowest BCUT2D eigenvalue weighted by Crippen LogP contribution is -2.11. The summed E-state index contributed by atoms with van der Waals surface area (Å²) in [5, 5.41) is 8.59. The van der Waals surface area contributed by atoms with Crippen LogP contribution in [0.25, 0.3) is 0 Å². The van der Waals surface area contributed by atoms with Crippen molar-refractivity contribution in [1.29, 1.82) is 0 Å². The van der Waals surface area contributed by atoms with Crippen molar-refractivity contribution in [1.82, 2.24) is 0 Å². The van der Waals surface area contributed by atoms with E-state index in [1.807, 2.05) is 0 Å². The molecule has 1 rings (SSSR count). The molecule has 0 radical (unpaired) electrons. The molecular weight excluding hydrogens is 154 g/mol. The summed E-state index contributed by atoms with van der Waals surface area (Å²) in [7, 11) is 0. The van der Waals surface area contributed by atoms with Gasteiger partial charge in [-0.2, -0.15) is 0 Å². The van der Waals surface area contributed by atoms with Crippen LogP contribution in [0.5, 0.6) is 0 Å². The third kappa shape index (κ3) is 1.36. The van der Waals surface area contributed by atoms with Gasteiger partial charge in [0.25, 0.3) is 0 Å². The highest BCUT2D eigenvalue weighted by molar-refractivity contribution is 6.72. The molecule has 4 heteroatoms. The van der Waals surface area contributed by atoms with Gasteiger partial charge in [-0.25, -0.2) is 4.79 Å². The summed E-state index contributed by atoms with van der Waals surface area (Å²) < 4.78 is 0. The molecule has 0 bridgehead atoms. The minimum absolute atomic E-state index is 0.110. The molecule has 0 aliphatic carbocycles. The van der Waals surface area contributed by atoms with Crippen LogP contribution in [0, 0.1) is 0 Å². The van der Waals surface area contributed by atoms with Gasteiger partial charge in [0.2, 0.25) is 0 Å². The Hall–Kier alpha value is -0.830. The SMILES string of the molecule is O=C(O)C1=CCCN=C1Cl. The van der Waals surface area contributed by atoms with Gasteiger partial charge in [-0.1, -0.05) is 17.7 Å². The molecule has 0 saturated carbocycles. The summed E-state index contributed by atoms with van der Waals surface area (Å²) >= 11 is 5.48. The minimum atomic E-state index is -1.01. The minimum Gasteiger partial charge on any atom is -0.478 e. The van der Waals surface area contributed by atoms with Gasteiger partial charge in [0.15, 0.2) is 0 Å². The van der Waals surface area contributed by atoms with Crippen LogP contribution in [0.4, 0.5) is 0 Å². The fraction of sp³-hybridized carbons (Fsp3) is 0.333. The van der Waals surface area contributed by atoms with E-state index in [-0.39, 0.29) is 10.7 Å². The smallest absolute Gasteiger partial charge is 0.338 e. The van der Waals surface area contributed by atoms with Crippen LogP contribution in [0.2, 0.25) is 0 Å². The highest BCUT2D eigenvalue weighted by atomic mass is 35.5. The summed E-state index contributed by atoms with van der Waals surface area (Å²) in [6, 6.07) is 0. The third-order valence-electron chi connectivity index (χ3n) is 1.18. The van der Waals surface area contributed by atoms with Crippen molar-refractivity contribution in [2.45, 2.75) is 6.42 Å². The van der Waals surface area contributed by atoms with Gasteiger partial charge in [0, 0.05) is 6.54 Å². The predicted octanol–water partition coefficient (Wildman–Crippen LogP) is 1.04. The second kappa shape index (κ2) is 2.84. The Morgan fingerprint density at radius 2 is 2.50 bits per heavy atom. The molecule has 54 valence electrons. The number of aliphatic carboxylic acids is 1. The first-order valence-electron chi connectivity index (χ1n) is 2.85. The molecule has 10 heavy (non-hydrogen) atoms. The quantitative estimate of drug-likeness (QED) is 0.622. The molecule has 0 atom stereocenters. The molecule has 0 aromatic rings. The van der Waals surface area contributed by atoms with Gasteiger partial charge in [-0.3, -0.25) is 4.99 Å². The molecule has 1 heterocycles. The van der Waals surface area contributed by atoms with E-state index < -0.39 is 5.97 Å². The Kier molecular flexibility index (Phi) is 2.06. The number of carbonyl (C=O) groups is 1. The number of rotatable bonds is 1. The lowest BCUT2D eigenvalue weighted by molar-refractivity contribution is -0.132. The highest BCUT2D eigenvalue weighted by Gasteiger charge is 2.14. The number of carboxylic acid groups (broad SMARTS) is 1. The summed E-state index contributed by atoms with van der Waals surface area (Å²) in [5.74, 6) is -1.01. The first-order valence-corrected chi connectivity index (χ1v) is 3.23. The fourth-order valence-corrected chi connectivity index (χ4v) is 0.959. The van der Waals surface area contributed by atoms with Gasteiger partial charge in [-0.15, -0.1) is 0 Å². The number of hydrogen-bond donors (Lipinski definition) is 1. The monoisotopic (exact) mass is 159 g/mol. The van der Waals surface area contributed by atoms with Crippen molar-refractivity contribution in [3.8, 4) is 0 Å². The summed E-state index contributed by atoms with van der Waals surface area (Å²) in [6.07, 6.45) is 2.25. The zero-order valence-electron chi connectivity index (χ0n) is 5.17. The third-order valence-corrected chi connectivity index (χ3v) is 1.50. The first-order chi connectivity index (χ1) is 4.72. The molecule has 0 spiro atoms. The molecule has 0 amide bonds. The molecule has 0 saturated heterocycles. The number of nitrogens with zero attached hydrogens (tertiary/aromatic N) is 1. The van der Waals surface area contributed by atoms with Gasteiger partial charge >= 0.3 is 5.97 Å². The fourth-order valence-electron chi connectivity index (χ4n) is 0.717. The Morgan fingerprint density at radius 3 is 2.90 bits per heavy atom. The molecule has 3 nitrogen and oxygen atoms in total. The van der Waals surface area contributed by atoms with Gasteiger partial charge < -0.3 is 5.11 Å². The van der Waals surface area contributed by atoms with Gasteiger partial charge in [0.1, 0.15) is 5.17 Å². The standard InChI is InChI=1S/C6H6ClNO2/c7-5-4(6(9)10)2-1-3-8-5/h2H,1,3H2,(H,9,10). The lowest BCUT2D eigenvalue weighted by Gasteiger charge is -2.03. The summed E-state index contributed by atoms with van der Waals surface area (Å²) in [4.78, 5) is 14.1. The number of halogens is 1. The maximum Gasteiger partial charge on any atom is 0.338 e. The lowest BCUT2D eigenvalue weighted by atomic mass is 10.2. The van der Waals surface area contributed by atoms with E-state index in [1.54, 1.807) is 6.08 Å². The van der Waals surface area contributed by atoms with E-state index in [0.717, 1.165) is 0 Å². The Balaban J connectivity index is 2.84. The van der Waals surface area contributed by atoms with Crippen LogP contribution in [-0.4, -0.2) is 22.8 Å². The second-order valence-electron chi connectivity index (χ2n) is 1.88. The van der Waals surface area contributed by atoms with E-state index in [2.05, 4.69) is 4.99 Å². The van der Waals surface area contributed by atoms with Crippen LogP contribution >= 0.6 is 11.6 Å². The zero-order chi connectivity index (χ0) is 7.56. The molecule has 1 aliphatic rings. The molecule has 1 aliphatic heterocycles. The number of hydrogen-bond acceptors (Lipinski definition) is 2. The molecular formula is C6H6ClNO2. The maximum absolute atomic E-state index is 10.3. The molecule has 1 N–H and O–H groups in total. The largest absolute Gasteiger partial charge is 0.478 e. The Morgan fingerprint density at radius 1 is 1.80 bits per heavy atom. The van der Waals surface area contributed by atoms with Crippen molar-refractivity contribution in [2.75, 3.05) is 6.54 Å². The predicted molar refractivity (Wildman–Crippen MR) is 38.5 cm³/mol. The number of dihydropyridines is 1. The van der Waals surface area contributed by atoms with Crippen LogP contribution in [-0.2, 0) is 4.79 Å². The van der Waals surface area contributed by atoms with Crippen molar-refractivity contribution in [3.63, 3.8) is 0 Å². The topological polar surface area (TPSA) is 49.7 Å². The maximum atomic E-state index is 10.3. The average molecular weight is 160 g/mol. The highest BCUT2D eigenvalue weighted by Crippen LogP contribution is 2.09. The van der Waals surface area contributed by atoms with Crippen LogP contribution in [0.3, 0.4) is 0 Å². The van der Waals surface area contributed by atoms with E-state index >= 15 is 0 Å². The van der Waals surface area contributed by atoms with Gasteiger partial charge in [0.05, 0.1) is 5.57 Å². The first kappa shape index (κ1) is 7.28. The van der Waals surface area contributed by atoms with Gasteiger partial charge in [-0.05, 0) is 6.42 Å². The van der Waals surface area contributed by atoms with E-state index in [4.69, 9.17) is 16.7 Å². The zero-order valence-corrected chi connectivity index (χ0v) is 5.93. The molecule has 0 fully saturated rings. The van der Waals surface area contributed by atoms with Crippen molar-refractivity contribution >= 4 is 22.7 Å². The normalized spacial score (nSPS) is 17.7. The van der Waals surface area contributed by atoms with E-state index in [1.165, 1.54) is 0 Å². The summed E-state index contributed by atoms with van der Waals surface area (Å²) in [6.45, 7) is 0.593. The molecule has 0 aromatic heterocycles. The second-order valence-corrected chi connectivity index (χ2v) is 2.24. The summed E-state index contributed by atoms with van der Waals surface area (Å²) in [5.41, 5.74) is 0.118.